The molecule has 0 unspecified atom stereocenters. The van der Waals surface area contributed by atoms with Crippen molar-refractivity contribution >= 4 is 17.7 Å². The second-order valence-corrected chi connectivity index (χ2v) is 4.42. The number of amides is 1. The summed E-state index contributed by atoms with van der Waals surface area (Å²) in [6, 6.07) is 6.02. The van der Waals surface area contributed by atoms with Crippen molar-refractivity contribution in [2.45, 2.75) is 12.8 Å². The first-order valence-electron chi connectivity index (χ1n) is 5.27. The molecule has 0 saturated carbocycles. The van der Waals surface area contributed by atoms with Crippen molar-refractivity contribution in [3.63, 3.8) is 0 Å². The zero-order chi connectivity index (χ0) is 11.8. The molecular formula is C12H16FNOS. The van der Waals surface area contributed by atoms with E-state index in [2.05, 4.69) is 11.6 Å². The molecule has 1 aromatic rings. The minimum absolute atomic E-state index is 0.118. The second-order valence-electron chi connectivity index (χ2n) is 3.44. The van der Waals surface area contributed by atoms with Crippen LogP contribution in [0.3, 0.4) is 0 Å². The van der Waals surface area contributed by atoms with Crippen molar-refractivity contribution in [1.82, 2.24) is 5.32 Å². The average Bonchev–Trinajstić information content (AvgIpc) is 2.29. The Labute approximate surface area is 99.6 Å². The van der Waals surface area contributed by atoms with E-state index in [-0.39, 0.29) is 11.5 Å². The minimum Gasteiger partial charge on any atom is -0.352 e. The Balaban J connectivity index is 2.33. The SMILES string of the molecule is CSCCCCNC(=O)c1ccccc1F. The summed E-state index contributed by atoms with van der Waals surface area (Å²) < 4.78 is 13.2. The van der Waals surface area contributed by atoms with Crippen molar-refractivity contribution in [3.05, 3.63) is 35.6 Å². The molecule has 0 spiro atoms. The average molecular weight is 241 g/mol. The predicted molar refractivity (Wildman–Crippen MR) is 66.3 cm³/mol. The highest BCUT2D eigenvalue weighted by Gasteiger charge is 2.09. The van der Waals surface area contributed by atoms with E-state index < -0.39 is 5.82 Å². The number of rotatable bonds is 6. The number of hydrogen-bond donors (Lipinski definition) is 1. The minimum atomic E-state index is -0.468. The van der Waals surface area contributed by atoms with Crippen LogP contribution < -0.4 is 5.32 Å². The molecule has 0 aromatic heterocycles. The van der Waals surface area contributed by atoms with Crippen LogP contribution in [0, 0.1) is 5.82 Å². The van der Waals surface area contributed by atoms with Crippen molar-refractivity contribution < 1.29 is 9.18 Å². The fourth-order valence-corrected chi connectivity index (χ4v) is 1.81. The van der Waals surface area contributed by atoms with E-state index in [9.17, 15) is 9.18 Å². The van der Waals surface area contributed by atoms with E-state index in [0.717, 1.165) is 18.6 Å². The fraction of sp³-hybridized carbons (Fsp3) is 0.417. The van der Waals surface area contributed by atoms with Gasteiger partial charge in [-0.2, -0.15) is 11.8 Å². The summed E-state index contributed by atoms with van der Waals surface area (Å²) in [6.07, 6.45) is 4.05. The van der Waals surface area contributed by atoms with Gasteiger partial charge in [-0.1, -0.05) is 12.1 Å². The predicted octanol–water partition coefficient (Wildman–Crippen LogP) is 2.70. The molecule has 1 rings (SSSR count). The van der Waals surface area contributed by atoms with E-state index in [1.54, 1.807) is 23.9 Å². The summed E-state index contributed by atoms with van der Waals surface area (Å²) >= 11 is 1.79. The Morgan fingerprint density at radius 3 is 2.81 bits per heavy atom. The normalized spacial score (nSPS) is 10.1. The maximum Gasteiger partial charge on any atom is 0.254 e. The molecule has 0 saturated heterocycles. The van der Waals surface area contributed by atoms with Gasteiger partial charge < -0.3 is 5.32 Å². The molecule has 1 amide bonds. The smallest absolute Gasteiger partial charge is 0.254 e. The molecule has 0 heterocycles. The molecule has 88 valence electrons. The highest BCUT2D eigenvalue weighted by molar-refractivity contribution is 7.98. The van der Waals surface area contributed by atoms with E-state index in [4.69, 9.17) is 0 Å². The standard InChI is InChI=1S/C12H16FNOS/c1-16-9-5-4-8-14-12(15)10-6-2-3-7-11(10)13/h2-3,6-7H,4-5,8-9H2,1H3,(H,14,15). The van der Waals surface area contributed by atoms with Crippen LogP contribution in [0.4, 0.5) is 4.39 Å². The van der Waals surface area contributed by atoms with Gasteiger partial charge in [0.2, 0.25) is 0 Å². The van der Waals surface area contributed by atoms with E-state index in [1.807, 2.05) is 0 Å². The number of halogens is 1. The Morgan fingerprint density at radius 1 is 1.38 bits per heavy atom. The van der Waals surface area contributed by atoms with Gasteiger partial charge in [0, 0.05) is 6.54 Å². The third-order valence-corrected chi connectivity index (χ3v) is 2.88. The molecule has 2 nitrogen and oxygen atoms in total. The summed E-state index contributed by atoms with van der Waals surface area (Å²) in [4.78, 5) is 11.5. The third-order valence-electron chi connectivity index (χ3n) is 2.18. The molecule has 0 bridgehead atoms. The summed E-state index contributed by atoms with van der Waals surface area (Å²) in [6.45, 7) is 0.605. The number of hydrogen-bond acceptors (Lipinski definition) is 2. The van der Waals surface area contributed by atoms with Gasteiger partial charge in [0.15, 0.2) is 0 Å². The van der Waals surface area contributed by atoms with Gasteiger partial charge in [-0.15, -0.1) is 0 Å². The van der Waals surface area contributed by atoms with Gasteiger partial charge >= 0.3 is 0 Å². The zero-order valence-electron chi connectivity index (χ0n) is 9.33. The van der Waals surface area contributed by atoms with Crippen molar-refractivity contribution in [1.29, 1.82) is 0 Å². The number of thioether (sulfide) groups is 1. The van der Waals surface area contributed by atoms with E-state index in [1.165, 1.54) is 12.1 Å². The molecule has 0 aliphatic heterocycles. The number of unbranched alkanes of at least 4 members (excludes halogenated alkanes) is 1. The third kappa shape index (κ3) is 4.23. The summed E-state index contributed by atoms with van der Waals surface area (Å²) in [7, 11) is 0. The highest BCUT2D eigenvalue weighted by atomic mass is 32.2. The Morgan fingerprint density at radius 2 is 2.12 bits per heavy atom. The quantitative estimate of drug-likeness (QED) is 0.776. The lowest BCUT2D eigenvalue weighted by molar-refractivity contribution is 0.0949. The zero-order valence-corrected chi connectivity index (χ0v) is 10.1. The number of carbonyl (C=O) groups excluding carboxylic acids is 1. The lowest BCUT2D eigenvalue weighted by atomic mass is 10.2. The molecule has 1 aromatic carbocycles. The lowest BCUT2D eigenvalue weighted by Gasteiger charge is -2.05. The second kappa shape index (κ2) is 7.28. The largest absolute Gasteiger partial charge is 0.352 e. The maximum atomic E-state index is 13.2. The van der Waals surface area contributed by atoms with Gasteiger partial charge in [-0.3, -0.25) is 4.79 Å². The van der Waals surface area contributed by atoms with Gasteiger partial charge in [0.25, 0.3) is 5.91 Å². The Bertz CT molecular complexity index is 344. The molecule has 0 fully saturated rings. The van der Waals surface area contributed by atoms with Crippen LogP contribution in [-0.2, 0) is 0 Å². The molecular weight excluding hydrogens is 225 g/mol. The van der Waals surface area contributed by atoms with Crippen LogP contribution in [0.5, 0.6) is 0 Å². The first-order valence-corrected chi connectivity index (χ1v) is 6.66. The molecule has 16 heavy (non-hydrogen) atoms. The van der Waals surface area contributed by atoms with Gasteiger partial charge in [-0.25, -0.2) is 4.39 Å². The van der Waals surface area contributed by atoms with Crippen molar-refractivity contribution in [3.8, 4) is 0 Å². The summed E-state index contributed by atoms with van der Waals surface area (Å²) in [5, 5.41) is 2.71. The fourth-order valence-electron chi connectivity index (χ4n) is 1.31. The van der Waals surface area contributed by atoms with Gasteiger partial charge in [-0.05, 0) is 37.0 Å². The maximum absolute atomic E-state index is 13.2. The van der Waals surface area contributed by atoms with Crippen LogP contribution in [0.1, 0.15) is 23.2 Å². The first-order chi connectivity index (χ1) is 7.75. The highest BCUT2D eigenvalue weighted by Crippen LogP contribution is 2.06. The molecule has 0 radical (unpaired) electrons. The van der Waals surface area contributed by atoms with Crippen molar-refractivity contribution in [2.24, 2.45) is 0 Å². The van der Waals surface area contributed by atoms with Gasteiger partial charge in [0.05, 0.1) is 5.56 Å². The van der Waals surface area contributed by atoms with E-state index in [0.29, 0.717) is 6.54 Å². The first kappa shape index (κ1) is 13.0. The van der Waals surface area contributed by atoms with Gasteiger partial charge in [0.1, 0.15) is 5.82 Å². The molecule has 4 heteroatoms. The lowest BCUT2D eigenvalue weighted by Crippen LogP contribution is -2.25. The number of nitrogens with one attached hydrogen (secondary N) is 1. The van der Waals surface area contributed by atoms with Crippen LogP contribution in [-0.4, -0.2) is 24.5 Å². The number of benzene rings is 1. The monoisotopic (exact) mass is 241 g/mol. The van der Waals surface area contributed by atoms with E-state index >= 15 is 0 Å². The molecule has 0 atom stereocenters. The van der Waals surface area contributed by atoms with Crippen molar-refractivity contribution in [2.75, 3.05) is 18.6 Å². The van der Waals surface area contributed by atoms with Crippen LogP contribution in [0.25, 0.3) is 0 Å². The molecule has 1 N–H and O–H groups in total. The summed E-state index contributed by atoms with van der Waals surface area (Å²) in [5.41, 5.74) is 0.118. The van der Waals surface area contributed by atoms with Crippen LogP contribution in [0.2, 0.25) is 0 Å². The number of carbonyl (C=O) groups is 1. The van der Waals surface area contributed by atoms with Crippen LogP contribution in [0.15, 0.2) is 24.3 Å². The molecule has 0 aliphatic carbocycles. The Kier molecular flexibility index (Phi) is 5.93. The Hall–Kier alpha value is -1.03. The topological polar surface area (TPSA) is 29.1 Å². The molecule has 0 aliphatic rings. The summed E-state index contributed by atoms with van der Waals surface area (Å²) in [5.74, 6) is 0.293. The van der Waals surface area contributed by atoms with Crippen LogP contribution >= 0.6 is 11.8 Å².